The number of hydrogen-bond acceptors (Lipinski definition) is 4. The van der Waals surface area contributed by atoms with E-state index in [4.69, 9.17) is 4.42 Å². The maximum absolute atomic E-state index is 9.44. The maximum atomic E-state index is 9.44. The van der Waals surface area contributed by atoms with E-state index < -0.39 is 0 Å². The molecule has 2 aliphatic heterocycles. The first-order valence-electron chi connectivity index (χ1n) is 11.1. The SMILES string of the molecule is CCCC[C@@]1(CC)C=C(c2nc(C)c(C#N)o2)n2c3c(c4ccccc42)CCN[C@H]31. The summed E-state index contributed by atoms with van der Waals surface area (Å²) >= 11 is 0. The van der Waals surface area contributed by atoms with E-state index >= 15 is 0 Å². The number of para-hydroxylation sites is 1. The Bertz CT molecular complexity index is 1190. The van der Waals surface area contributed by atoms with Gasteiger partial charge in [0.25, 0.3) is 0 Å². The van der Waals surface area contributed by atoms with Crippen molar-refractivity contribution in [3.8, 4) is 6.07 Å². The van der Waals surface area contributed by atoms with E-state index in [1.807, 2.05) is 6.92 Å². The van der Waals surface area contributed by atoms with Crippen molar-refractivity contribution in [2.45, 2.75) is 58.9 Å². The average Bonchev–Trinajstić information content (AvgIpc) is 3.33. The molecule has 0 aliphatic carbocycles. The lowest BCUT2D eigenvalue weighted by Gasteiger charge is -2.45. The first kappa shape index (κ1) is 19.1. The van der Waals surface area contributed by atoms with Crippen LogP contribution in [0.2, 0.25) is 0 Å². The number of aryl methyl sites for hydroxylation is 1. The van der Waals surface area contributed by atoms with Gasteiger partial charge in [-0.15, -0.1) is 0 Å². The van der Waals surface area contributed by atoms with Crippen LogP contribution in [0.1, 0.15) is 74.2 Å². The molecular formula is C25H28N4O. The van der Waals surface area contributed by atoms with Crippen molar-refractivity contribution >= 4 is 16.6 Å². The van der Waals surface area contributed by atoms with Crippen LogP contribution in [-0.2, 0) is 6.42 Å². The fraction of sp³-hybridized carbons (Fsp3) is 0.440. The summed E-state index contributed by atoms with van der Waals surface area (Å²) in [4.78, 5) is 4.67. The van der Waals surface area contributed by atoms with Crippen LogP contribution in [0.25, 0.3) is 16.6 Å². The van der Waals surface area contributed by atoms with Crippen LogP contribution in [0.5, 0.6) is 0 Å². The van der Waals surface area contributed by atoms with Crippen molar-refractivity contribution < 1.29 is 4.42 Å². The van der Waals surface area contributed by atoms with E-state index in [2.05, 4.69) is 65.1 Å². The quantitative estimate of drug-likeness (QED) is 0.615. The van der Waals surface area contributed by atoms with E-state index in [1.165, 1.54) is 35.0 Å². The summed E-state index contributed by atoms with van der Waals surface area (Å²) in [5.41, 5.74) is 5.62. The minimum atomic E-state index is 0.0000703. The van der Waals surface area contributed by atoms with Gasteiger partial charge in [0.15, 0.2) is 0 Å². The van der Waals surface area contributed by atoms with Crippen LogP contribution >= 0.6 is 0 Å². The summed E-state index contributed by atoms with van der Waals surface area (Å²) in [6.45, 7) is 7.38. The van der Waals surface area contributed by atoms with E-state index in [0.717, 1.165) is 31.5 Å². The minimum absolute atomic E-state index is 0.0000703. The molecule has 3 aromatic rings. The Labute approximate surface area is 177 Å². The number of hydrogen-bond donors (Lipinski definition) is 1. The highest BCUT2D eigenvalue weighted by Crippen LogP contribution is 2.53. The largest absolute Gasteiger partial charge is 0.424 e. The first-order valence-corrected chi connectivity index (χ1v) is 11.1. The van der Waals surface area contributed by atoms with Crippen molar-refractivity contribution in [2.24, 2.45) is 5.41 Å². The maximum Gasteiger partial charge on any atom is 0.244 e. The molecule has 0 bridgehead atoms. The second-order valence-corrected chi connectivity index (χ2v) is 8.62. The fourth-order valence-corrected chi connectivity index (χ4v) is 5.46. The zero-order valence-corrected chi connectivity index (χ0v) is 18.0. The molecule has 30 heavy (non-hydrogen) atoms. The lowest BCUT2D eigenvalue weighted by Crippen LogP contribution is -2.44. The van der Waals surface area contributed by atoms with Gasteiger partial charge in [0.1, 0.15) is 11.8 Å². The average molecular weight is 401 g/mol. The molecule has 5 rings (SSSR count). The lowest BCUT2D eigenvalue weighted by molar-refractivity contribution is 0.205. The molecule has 2 atom stereocenters. The van der Waals surface area contributed by atoms with Gasteiger partial charge in [0.2, 0.25) is 11.7 Å². The third kappa shape index (κ3) is 2.60. The molecule has 1 aromatic carbocycles. The van der Waals surface area contributed by atoms with Crippen LogP contribution in [0.15, 0.2) is 34.8 Å². The number of benzene rings is 1. The molecule has 5 nitrogen and oxygen atoms in total. The molecule has 0 spiro atoms. The summed E-state index contributed by atoms with van der Waals surface area (Å²) in [5, 5.41) is 14.6. The van der Waals surface area contributed by atoms with E-state index in [9.17, 15) is 5.26 Å². The van der Waals surface area contributed by atoms with E-state index in [-0.39, 0.29) is 11.5 Å². The molecule has 0 saturated heterocycles. The summed E-state index contributed by atoms with van der Waals surface area (Å²) in [6, 6.07) is 11.1. The highest BCUT2D eigenvalue weighted by atomic mass is 16.4. The summed E-state index contributed by atoms with van der Waals surface area (Å²) < 4.78 is 8.31. The number of unbranched alkanes of at least 4 members (excludes halogenated alkanes) is 1. The predicted octanol–water partition coefficient (Wildman–Crippen LogP) is 5.49. The molecular weight excluding hydrogens is 372 g/mol. The third-order valence-electron chi connectivity index (χ3n) is 7.03. The number of nitrogens with zero attached hydrogens (tertiary/aromatic N) is 3. The Morgan fingerprint density at radius 2 is 2.17 bits per heavy atom. The number of oxazole rings is 1. The Hall–Kier alpha value is -2.84. The van der Waals surface area contributed by atoms with Crippen LogP contribution < -0.4 is 5.32 Å². The molecule has 2 aliphatic rings. The van der Waals surface area contributed by atoms with Gasteiger partial charge in [0.05, 0.1) is 17.3 Å². The van der Waals surface area contributed by atoms with Crippen molar-refractivity contribution in [1.82, 2.24) is 14.9 Å². The summed E-state index contributed by atoms with van der Waals surface area (Å²) in [6.07, 6.45) is 7.92. The van der Waals surface area contributed by atoms with Gasteiger partial charge >= 0.3 is 0 Å². The van der Waals surface area contributed by atoms with Crippen LogP contribution in [0.3, 0.4) is 0 Å². The van der Waals surface area contributed by atoms with Gasteiger partial charge in [-0.2, -0.15) is 5.26 Å². The predicted molar refractivity (Wildman–Crippen MR) is 118 cm³/mol. The Balaban J connectivity index is 1.83. The number of fused-ring (bicyclic) bond motifs is 3. The molecule has 1 N–H and O–H groups in total. The molecule has 0 amide bonds. The molecule has 5 heteroatoms. The minimum Gasteiger partial charge on any atom is -0.424 e. The lowest BCUT2D eigenvalue weighted by atomic mass is 9.69. The monoisotopic (exact) mass is 400 g/mol. The van der Waals surface area contributed by atoms with Gasteiger partial charge in [-0.1, -0.05) is 44.9 Å². The number of nitrogens with one attached hydrogen (secondary N) is 1. The topological polar surface area (TPSA) is 66.8 Å². The Morgan fingerprint density at radius 1 is 1.33 bits per heavy atom. The van der Waals surface area contributed by atoms with Crippen LogP contribution in [0, 0.1) is 23.7 Å². The molecule has 0 unspecified atom stereocenters. The van der Waals surface area contributed by atoms with Crippen LogP contribution in [-0.4, -0.2) is 16.1 Å². The molecule has 0 saturated carbocycles. The normalized spacial score (nSPS) is 22.6. The number of aromatic nitrogens is 2. The second kappa shape index (κ2) is 7.14. The van der Waals surface area contributed by atoms with Gasteiger partial charge in [-0.3, -0.25) is 0 Å². The van der Waals surface area contributed by atoms with Gasteiger partial charge in [-0.25, -0.2) is 4.98 Å². The Kier molecular flexibility index (Phi) is 4.56. The second-order valence-electron chi connectivity index (χ2n) is 8.62. The number of rotatable bonds is 5. The fourth-order valence-electron chi connectivity index (χ4n) is 5.46. The van der Waals surface area contributed by atoms with Crippen LogP contribution in [0.4, 0.5) is 0 Å². The van der Waals surface area contributed by atoms with Gasteiger partial charge < -0.3 is 14.3 Å². The smallest absolute Gasteiger partial charge is 0.244 e. The molecule has 0 fully saturated rings. The van der Waals surface area contributed by atoms with E-state index in [1.54, 1.807) is 0 Å². The third-order valence-corrected chi connectivity index (χ3v) is 7.03. The molecule has 0 radical (unpaired) electrons. The Morgan fingerprint density at radius 3 is 2.90 bits per heavy atom. The molecule has 154 valence electrons. The van der Waals surface area contributed by atoms with Crippen molar-refractivity contribution in [3.63, 3.8) is 0 Å². The zero-order valence-electron chi connectivity index (χ0n) is 18.0. The molecule has 4 heterocycles. The standard InChI is InChI=1S/C25H28N4O/c1-4-6-12-25(5-2)14-20(24-28-16(3)21(15-26)30-24)29-19-10-8-7-9-17(19)18-11-13-27-23(25)22(18)29/h7-10,14,23,27H,4-6,11-13H2,1-3H3/t23-,25+/m1/s1. The molecule has 2 aromatic heterocycles. The van der Waals surface area contributed by atoms with Gasteiger partial charge in [-0.05, 0) is 50.4 Å². The zero-order chi connectivity index (χ0) is 20.9. The summed E-state index contributed by atoms with van der Waals surface area (Å²) in [7, 11) is 0. The number of nitriles is 1. The van der Waals surface area contributed by atoms with Crippen molar-refractivity contribution in [1.29, 1.82) is 5.26 Å². The summed E-state index contributed by atoms with van der Waals surface area (Å²) in [5.74, 6) is 0.845. The van der Waals surface area contributed by atoms with Gasteiger partial charge in [0, 0.05) is 16.5 Å². The van der Waals surface area contributed by atoms with Crippen molar-refractivity contribution in [2.75, 3.05) is 6.54 Å². The van der Waals surface area contributed by atoms with E-state index in [0.29, 0.717) is 17.3 Å². The highest BCUT2D eigenvalue weighted by molar-refractivity contribution is 5.91. The van der Waals surface area contributed by atoms with Crippen molar-refractivity contribution in [3.05, 3.63) is 58.9 Å². The first-order chi connectivity index (χ1) is 14.6. The highest BCUT2D eigenvalue weighted by Gasteiger charge is 2.45.